The van der Waals surface area contributed by atoms with Crippen LogP contribution >= 0.6 is 0 Å². The van der Waals surface area contributed by atoms with Gasteiger partial charge in [-0.1, -0.05) is 30.3 Å². The van der Waals surface area contributed by atoms with Crippen molar-refractivity contribution in [1.29, 1.82) is 0 Å². The van der Waals surface area contributed by atoms with Gasteiger partial charge in [-0.2, -0.15) is 0 Å². The topological polar surface area (TPSA) is 32.7 Å². The molecular formula is C16H17NO2. The first-order valence-corrected chi connectivity index (χ1v) is 6.58. The van der Waals surface area contributed by atoms with Gasteiger partial charge in [0.25, 0.3) is 0 Å². The molecule has 0 spiro atoms. The molecule has 0 amide bonds. The number of para-hydroxylation sites is 3. The highest BCUT2D eigenvalue weighted by atomic mass is 16.5. The number of aromatic hydroxyl groups is 1. The Kier molecular flexibility index (Phi) is 3.27. The summed E-state index contributed by atoms with van der Waals surface area (Å²) >= 11 is 0. The maximum absolute atomic E-state index is 9.90. The molecule has 0 saturated carbocycles. The van der Waals surface area contributed by atoms with Gasteiger partial charge in [0, 0.05) is 18.7 Å². The van der Waals surface area contributed by atoms with E-state index in [2.05, 4.69) is 11.0 Å². The van der Waals surface area contributed by atoms with Gasteiger partial charge in [0.2, 0.25) is 0 Å². The largest absolute Gasteiger partial charge is 0.508 e. The third-order valence-corrected chi connectivity index (χ3v) is 3.39. The molecule has 0 atom stereocenters. The van der Waals surface area contributed by atoms with Gasteiger partial charge in [0.05, 0.1) is 12.3 Å². The van der Waals surface area contributed by atoms with Crippen LogP contribution in [0.15, 0.2) is 48.5 Å². The van der Waals surface area contributed by atoms with Gasteiger partial charge in [-0.15, -0.1) is 0 Å². The number of hydrogen-bond acceptors (Lipinski definition) is 3. The summed E-state index contributed by atoms with van der Waals surface area (Å²) in [6.07, 6.45) is 0.988. The lowest BCUT2D eigenvalue weighted by atomic mass is 10.1. The summed E-state index contributed by atoms with van der Waals surface area (Å²) in [5.74, 6) is 1.28. The Balaban J connectivity index is 1.91. The lowest BCUT2D eigenvalue weighted by Gasteiger charge is -2.24. The van der Waals surface area contributed by atoms with Gasteiger partial charge in [-0.3, -0.25) is 0 Å². The quantitative estimate of drug-likeness (QED) is 0.894. The molecule has 0 bridgehead atoms. The molecule has 3 rings (SSSR count). The molecule has 0 radical (unpaired) electrons. The Bertz CT molecular complexity index is 568. The van der Waals surface area contributed by atoms with E-state index >= 15 is 0 Å². The molecule has 98 valence electrons. The van der Waals surface area contributed by atoms with Crippen molar-refractivity contribution in [1.82, 2.24) is 0 Å². The minimum atomic E-state index is 0.352. The van der Waals surface area contributed by atoms with Gasteiger partial charge in [-0.25, -0.2) is 0 Å². The van der Waals surface area contributed by atoms with E-state index in [0.29, 0.717) is 12.3 Å². The minimum Gasteiger partial charge on any atom is -0.508 e. The molecule has 1 heterocycles. The number of ether oxygens (including phenoxy) is 1. The van der Waals surface area contributed by atoms with Gasteiger partial charge in [0.15, 0.2) is 0 Å². The summed E-state index contributed by atoms with van der Waals surface area (Å²) in [5, 5.41) is 9.90. The van der Waals surface area contributed by atoms with Crippen LogP contribution < -0.4 is 9.64 Å². The number of nitrogens with zero attached hydrogens (tertiary/aromatic N) is 1. The average molecular weight is 255 g/mol. The minimum absolute atomic E-state index is 0.352. The summed E-state index contributed by atoms with van der Waals surface area (Å²) in [6, 6.07) is 15.6. The van der Waals surface area contributed by atoms with Crippen molar-refractivity contribution in [3.05, 3.63) is 54.1 Å². The van der Waals surface area contributed by atoms with Crippen molar-refractivity contribution in [2.45, 2.75) is 13.0 Å². The first-order chi connectivity index (χ1) is 9.34. The molecule has 1 N–H and O–H groups in total. The van der Waals surface area contributed by atoms with Crippen LogP contribution in [0, 0.1) is 0 Å². The number of rotatable bonds is 2. The van der Waals surface area contributed by atoms with Crippen molar-refractivity contribution in [3.63, 3.8) is 0 Å². The van der Waals surface area contributed by atoms with E-state index in [0.717, 1.165) is 36.6 Å². The number of fused-ring (bicyclic) bond motifs is 1. The Morgan fingerprint density at radius 1 is 1.05 bits per heavy atom. The highest BCUT2D eigenvalue weighted by molar-refractivity contribution is 5.59. The monoisotopic (exact) mass is 255 g/mol. The van der Waals surface area contributed by atoms with Crippen molar-refractivity contribution in [2.75, 3.05) is 18.1 Å². The molecule has 2 aromatic rings. The number of phenolic OH excluding ortho intramolecular Hbond substituents is 1. The Morgan fingerprint density at radius 2 is 1.84 bits per heavy atom. The molecule has 0 saturated heterocycles. The van der Waals surface area contributed by atoms with Gasteiger partial charge in [0.1, 0.15) is 11.5 Å². The van der Waals surface area contributed by atoms with Gasteiger partial charge in [-0.05, 0) is 24.6 Å². The Hall–Kier alpha value is -2.16. The van der Waals surface area contributed by atoms with Crippen molar-refractivity contribution >= 4 is 5.69 Å². The van der Waals surface area contributed by atoms with E-state index in [4.69, 9.17) is 4.74 Å². The smallest absolute Gasteiger partial charge is 0.142 e. The van der Waals surface area contributed by atoms with Gasteiger partial charge >= 0.3 is 0 Å². The molecular weight excluding hydrogens is 238 g/mol. The Morgan fingerprint density at radius 3 is 2.74 bits per heavy atom. The summed E-state index contributed by atoms with van der Waals surface area (Å²) in [4.78, 5) is 2.26. The fraction of sp³-hybridized carbons (Fsp3) is 0.250. The molecule has 1 aliphatic rings. The second-order valence-corrected chi connectivity index (χ2v) is 4.72. The van der Waals surface area contributed by atoms with E-state index in [1.165, 1.54) is 0 Å². The van der Waals surface area contributed by atoms with Crippen LogP contribution in [0.5, 0.6) is 11.5 Å². The lowest BCUT2D eigenvalue weighted by molar-refractivity contribution is 0.322. The number of anilines is 1. The molecule has 3 heteroatoms. The van der Waals surface area contributed by atoms with E-state index in [1.54, 1.807) is 6.07 Å². The molecule has 3 nitrogen and oxygen atoms in total. The molecule has 1 aliphatic heterocycles. The van der Waals surface area contributed by atoms with Crippen LogP contribution in [0.25, 0.3) is 0 Å². The molecule has 0 unspecified atom stereocenters. The van der Waals surface area contributed by atoms with Crippen molar-refractivity contribution in [3.8, 4) is 11.5 Å². The zero-order valence-corrected chi connectivity index (χ0v) is 10.7. The van der Waals surface area contributed by atoms with Crippen LogP contribution in [-0.2, 0) is 6.54 Å². The maximum Gasteiger partial charge on any atom is 0.142 e. The number of hydrogen-bond donors (Lipinski definition) is 1. The summed E-state index contributed by atoms with van der Waals surface area (Å²) in [7, 11) is 0. The van der Waals surface area contributed by atoms with E-state index in [9.17, 15) is 5.11 Å². The zero-order chi connectivity index (χ0) is 13.1. The number of phenols is 1. The van der Waals surface area contributed by atoms with Crippen LogP contribution in [-0.4, -0.2) is 18.3 Å². The summed E-state index contributed by atoms with van der Waals surface area (Å²) < 4.78 is 5.74. The van der Waals surface area contributed by atoms with E-state index in [-0.39, 0.29) is 0 Å². The maximum atomic E-state index is 9.90. The molecule has 0 fully saturated rings. The van der Waals surface area contributed by atoms with E-state index in [1.807, 2.05) is 36.4 Å². The van der Waals surface area contributed by atoms with Crippen LogP contribution in [0.1, 0.15) is 12.0 Å². The third kappa shape index (κ3) is 2.50. The second kappa shape index (κ2) is 5.22. The second-order valence-electron chi connectivity index (χ2n) is 4.72. The predicted octanol–water partition coefficient (Wildman–Crippen LogP) is 3.18. The zero-order valence-electron chi connectivity index (χ0n) is 10.7. The molecule has 2 aromatic carbocycles. The SMILES string of the molecule is Oc1ccccc1CN1CCCOc2ccccc21. The first kappa shape index (κ1) is 11.9. The third-order valence-electron chi connectivity index (χ3n) is 3.39. The Labute approximate surface area is 113 Å². The van der Waals surface area contributed by atoms with Crippen LogP contribution in [0.3, 0.4) is 0 Å². The standard InChI is InChI=1S/C16H17NO2/c18-15-8-3-1-6-13(15)12-17-10-5-11-19-16-9-4-2-7-14(16)17/h1-4,6-9,18H,5,10-12H2. The average Bonchev–Trinajstić information content (AvgIpc) is 2.64. The first-order valence-electron chi connectivity index (χ1n) is 6.58. The highest BCUT2D eigenvalue weighted by Crippen LogP contribution is 2.32. The summed E-state index contributed by atoms with van der Waals surface area (Å²) in [5.41, 5.74) is 2.04. The normalized spacial score (nSPS) is 14.4. The van der Waals surface area contributed by atoms with E-state index < -0.39 is 0 Å². The van der Waals surface area contributed by atoms with Crippen LogP contribution in [0.4, 0.5) is 5.69 Å². The lowest BCUT2D eigenvalue weighted by Crippen LogP contribution is -2.23. The van der Waals surface area contributed by atoms with Crippen LogP contribution in [0.2, 0.25) is 0 Å². The summed E-state index contributed by atoms with van der Waals surface area (Å²) in [6.45, 7) is 2.38. The molecule has 19 heavy (non-hydrogen) atoms. The van der Waals surface area contributed by atoms with Crippen molar-refractivity contribution in [2.24, 2.45) is 0 Å². The number of benzene rings is 2. The van der Waals surface area contributed by atoms with Crippen molar-refractivity contribution < 1.29 is 9.84 Å². The fourth-order valence-corrected chi connectivity index (χ4v) is 2.41. The fourth-order valence-electron chi connectivity index (χ4n) is 2.41. The predicted molar refractivity (Wildman–Crippen MR) is 75.7 cm³/mol. The van der Waals surface area contributed by atoms with Gasteiger partial charge < -0.3 is 14.7 Å². The highest BCUT2D eigenvalue weighted by Gasteiger charge is 2.16. The molecule has 0 aromatic heterocycles. The molecule has 0 aliphatic carbocycles.